The minimum Gasteiger partial charge on any atom is -0.311 e. The lowest BCUT2D eigenvalue weighted by molar-refractivity contribution is 0.0166. The Hall–Kier alpha value is -0.860. The Morgan fingerprint density at radius 2 is 2.00 bits per heavy atom. The molecule has 1 aromatic rings. The predicted octanol–water partition coefficient (Wildman–Crippen LogP) is 3.68. The van der Waals surface area contributed by atoms with Crippen LogP contribution >= 0.6 is 0 Å². The van der Waals surface area contributed by atoms with Gasteiger partial charge in [-0.3, -0.25) is 4.90 Å². The SMILES string of the molecule is CCC(C)C1CN(Cc2ccccc2)C(C)(C2CC2)CN1. The average Bonchev–Trinajstić information content (AvgIpc) is 3.35. The van der Waals surface area contributed by atoms with E-state index in [0.717, 1.165) is 24.9 Å². The molecule has 1 N–H and O–H groups in total. The van der Waals surface area contributed by atoms with Crippen LogP contribution in [0.2, 0.25) is 0 Å². The van der Waals surface area contributed by atoms with Crippen LogP contribution in [0.1, 0.15) is 45.6 Å². The predicted molar refractivity (Wildman–Crippen MR) is 89.2 cm³/mol. The summed E-state index contributed by atoms with van der Waals surface area (Å²) in [6, 6.07) is 11.6. The number of nitrogens with zero attached hydrogens (tertiary/aromatic N) is 1. The second kappa shape index (κ2) is 6.10. The summed E-state index contributed by atoms with van der Waals surface area (Å²) in [5.41, 5.74) is 1.80. The van der Waals surface area contributed by atoms with E-state index in [2.05, 4.69) is 61.3 Å². The third kappa shape index (κ3) is 3.17. The summed E-state index contributed by atoms with van der Waals surface area (Å²) in [5, 5.41) is 3.86. The van der Waals surface area contributed by atoms with Gasteiger partial charge >= 0.3 is 0 Å². The number of hydrogen-bond acceptors (Lipinski definition) is 2. The van der Waals surface area contributed by atoms with Crippen LogP contribution < -0.4 is 5.32 Å². The molecule has 3 rings (SSSR count). The van der Waals surface area contributed by atoms with Crippen LogP contribution in [0, 0.1) is 11.8 Å². The fourth-order valence-corrected chi connectivity index (χ4v) is 3.78. The van der Waals surface area contributed by atoms with Crippen molar-refractivity contribution in [3.63, 3.8) is 0 Å². The Balaban J connectivity index is 1.76. The van der Waals surface area contributed by atoms with Crippen LogP contribution in [0.4, 0.5) is 0 Å². The first-order chi connectivity index (χ1) is 10.1. The normalized spacial score (nSPS) is 32.0. The quantitative estimate of drug-likeness (QED) is 0.888. The van der Waals surface area contributed by atoms with Gasteiger partial charge in [0.05, 0.1) is 0 Å². The molecule has 2 fully saturated rings. The summed E-state index contributed by atoms with van der Waals surface area (Å²) in [7, 11) is 0. The van der Waals surface area contributed by atoms with Crippen LogP contribution in [0.25, 0.3) is 0 Å². The van der Waals surface area contributed by atoms with Gasteiger partial charge in [0.15, 0.2) is 0 Å². The topological polar surface area (TPSA) is 15.3 Å². The van der Waals surface area contributed by atoms with Crippen molar-refractivity contribution in [1.82, 2.24) is 10.2 Å². The molecule has 1 saturated heterocycles. The highest BCUT2D eigenvalue weighted by molar-refractivity contribution is 5.16. The highest BCUT2D eigenvalue weighted by Gasteiger charge is 2.48. The van der Waals surface area contributed by atoms with Crippen LogP contribution in [-0.2, 0) is 6.54 Å². The summed E-state index contributed by atoms with van der Waals surface area (Å²) >= 11 is 0. The Morgan fingerprint density at radius 3 is 2.62 bits per heavy atom. The highest BCUT2D eigenvalue weighted by atomic mass is 15.3. The van der Waals surface area contributed by atoms with Crippen LogP contribution in [0.5, 0.6) is 0 Å². The van der Waals surface area contributed by atoms with Crippen LogP contribution in [0.3, 0.4) is 0 Å². The maximum Gasteiger partial charge on any atom is 0.0338 e. The van der Waals surface area contributed by atoms with Crippen molar-refractivity contribution in [1.29, 1.82) is 0 Å². The van der Waals surface area contributed by atoms with Gasteiger partial charge in [0.25, 0.3) is 0 Å². The molecule has 2 aliphatic rings. The highest BCUT2D eigenvalue weighted by Crippen LogP contribution is 2.44. The molecule has 0 spiro atoms. The standard InChI is InChI=1S/C19H30N2/c1-4-15(2)18-13-21(12-16-8-6-5-7-9-16)19(3,14-20-18)17-10-11-17/h5-9,15,17-18,20H,4,10-14H2,1-3H3. The first kappa shape index (κ1) is 15.1. The van der Waals surface area contributed by atoms with Gasteiger partial charge in [-0.25, -0.2) is 0 Å². The molecular weight excluding hydrogens is 256 g/mol. The van der Waals surface area contributed by atoms with Gasteiger partial charge in [0, 0.05) is 31.2 Å². The van der Waals surface area contributed by atoms with Gasteiger partial charge < -0.3 is 5.32 Å². The zero-order valence-electron chi connectivity index (χ0n) is 13.8. The lowest BCUT2D eigenvalue weighted by Crippen LogP contribution is -2.65. The summed E-state index contributed by atoms with van der Waals surface area (Å²) in [5.74, 6) is 1.65. The zero-order chi connectivity index (χ0) is 14.9. The van der Waals surface area contributed by atoms with E-state index in [0.29, 0.717) is 11.6 Å². The molecule has 2 nitrogen and oxygen atoms in total. The fourth-order valence-electron chi connectivity index (χ4n) is 3.78. The summed E-state index contributed by atoms with van der Waals surface area (Å²) in [6.45, 7) is 10.6. The molecule has 1 aliphatic carbocycles. The van der Waals surface area contributed by atoms with Gasteiger partial charge in [0.1, 0.15) is 0 Å². The smallest absolute Gasteiger partial charge is 0.0338 e. The zero-order valence-corrected chi connectivity index (χ0v) is 13.8. The van der Waals surface area contributed by atoms with E-state index in [1.807, 2.05) is 0 Å². The molecule has 2 heteroatoms. The second-order valence-corrected chi connectivity index (χ2v) is 7.37. The first-order valence-corrected chi connectivity index (χ1v) is 8.66. The molecule has 1 heterocycles. The molecule has 3 atom stereocenters. The molecule has 1 aliphatic heterocycles. The lowest BCUT2D eigenvalue weighted by atomic mass is 9.86. The molecular formula is C19H30N2. The number of rotatable bonds is 5. The fraction of sp³-hybridized carbons (Fsp3) is 0.684. The number of piperazine rings is 1. The van der Waals surface area contributed by atoms with Crippen molar-refractivity contribution in [2.24, 2.45) is 11.8 Å². The van der Waals surface area contributed by atoms with Gasteiger partial charge in [-0.05, 0) is 37.2 Å². The van der Waals surface area contributed by atoms with Crippen molar-refractivity contribution >= 4 is 0 Å². The molecule has 0 amide bonds. The molecule has 1 aromatic carbocycles. The molecule has 116 valence electrons. The Bertz CT molecular complexity index is 454. The van der Waals surface area contributed by atoms with Crippen molar-refractivity contribution in [3.8, 4) is 0 Å². The van der Waals surface area contributed by atoms with Gasteiger partial charge in [0.2, 0.25) is 0 Å². The van der Waals surface area contributed by atoms with E-state index < -0.39 is 0 Å². The van der Waals surface area contributed by atoms with E-state index in [4.69, 9.17) is 0 Å². The Labute approximate surface area is 129 Å². The first-order valence-electron chi connectivity index (χ1n) is 8.66. The van der Waals surface area contributed by atoms with E-state index in [1.54, 1.807) is 0 Å². The van der Waals surface area contributed by atoms with E-state index in [1.165, 1.54) is 31.4 Å². The van der Waals surface area contributed by atoms with E-state index in [9.17, 15) is 0 Å². The number of hydrogen-bond donors (Lipinski definition) is 1. The van der Waals surface area contributed by atoms with Crippen molar-refractivity contribution in [2.45, 2.75) is 58.2 Å². The molecule has 1 saturated carbocycles. The lowest BCUT2D eigenvalue weighted by Gasteiger charge is -2.50. The van der Waals surface area contributed by atoms with E-state index >= 15 is 0 Å². The number of benzene rings is 1. The Morgan fingerprint density at radius 1 is 1.29 bits per heavy atom. The Kier molecular flexibility index (Phi) is 4.37. The average molecular weight is 286 g/mol. The largest absolute Gasteiger partial charge is 0.311 e. The molecule has 0 aromatic heterocycles. The monoisotopic (exact) mass is 286 g/mol. The van der Waals surface area contributed by atoms with Gasteiger partial charge in [-0.15, -0.1) is 0 Å². The third-order valence-electron chi connectivity index (χ3n) is 5.87. The van der Waals surface area contributed by atoms with Crippen LogP contribution in [0.15, 0.2) is 30.3 Å². The minimum atomic E-state index is 0.347. The number of nitrogens with one attached hydrogen (secondary N) is 1. The summed E-state index contributed by atoms with van der Waals surface area (Å²) in [4.78, 5) is 2.77. The maximum atomic E-state index is 3.86. The maximum absolute atomic E-state index is 3.86. The van der Waals surface area contributed by atoms with E-state index in [-0.39, 0.29) is 0 Å². The molecule has 3 unspecified atom stereocenters. The molecule has 21 heavy (non-hydrogen) atoms. The van der Waals surface area contributed by atoms with Crippen molar-refractivity contribution in [3.05, 3.63) is 35.9 Å². The molecule has 0 bridgehead atoms. The van der Waals surface area contributed by atoms with Gasteiger partial charge in [-0.1, -0.05) is 50.6 Å². The summed E-state index contributed by atoms with van der Waals surface area (Å²) < 4.78 is 0. The molecule has 0 radical (unpaired) electrons. The minimum absolute atomic E-state index is 0.347. The van der Waals surface area contributed by atoms with Gasteiger partial charge in [-0.2, -0.15) is 0 Å². The third-order valence-corrected chi connectivity index (χ3v) is 5.87. The van der Waals surface area contributed by atoms with Crippen LogP contribution in [-0.4, -0.2) is 29.6 Å². The summed E-state index contributed by atoms with van der Waals surface area (Å²) in [6.07, 6.45) is 4.09. The van der Waals surface area contributed by atoms with Crippen molar-refractivity contribution in [2.75, 3.05) is 13.1 Å². The second-order valence-electron chi connectivity index (χ2n) is 7.37. The van der Waals surface area contributed by atoms with Crippen molar-refractivity contribution < 1.29 is 0 Å².